The van der Waals surface area contributed by atoms with Crippen LogP contribution in [-0.2, 0) is 0 Å². The smallest absolute Gasteiger partial charge is 0.317 e. The summed E-state index contributed by atoms with van der Waals surface area (Å²) in [5, 5.41) is 8.98. The van der Waals surface area contributed by atoms with Crippen LogP contribution in [0, 0.1) is 0 Å². The van der Waals surface area contributed by atoms with E-state index >= 15 is 0 Å². The Morgan fingerprint density at radius 1 is 1.06 bits per heavy atom. The van der Waals surface area contributed by atoms with E-state index in [1.807, 2.05) is 28.5 Å². The van der Waals surface area contributed by atoms with Crippen molar-refractivity contribution in [3.63, 3.8) is 0 Å². The molecular weight excluding hydrogens is 446 g/mol. The predicted octanol–water partition coefficient (Wildman–Crippen LogP) is 5.46. The average molecular weight is 484 g/mol. The number of benzene rings is 1. The first-order valence-electron chi connectivity index (χ1n) is 12.8. The summed E-state index contributed by atoms with van der Waals surface area (Å²) < 4.78 is 0. The fourth-order valence-electron chi connectivity index (χ4n) is 4.77. The molecule has 2 aliphatic rings. The molecule has 0 bridgehead atoms. The van der Waals surface area contributed by atoms with E-state index < -0.39 is 0 Å². The van der Waals surface area contributed by atoms with Crippen LogP contribution in [0.4, 0.5) is 16.2 Å². The minimum Gasteiger partial charge on any atom is -0.370 e. The van der Waals surface area contributed by atoms with Crippen molar-refractivity contribution in [3.05, 3.63) is 40.3 Å². The van der Waals surface area contributed by atoms with Crippen molar-refractivity contribution in [3.8, 4) is 0 Å². The molecule has 2 N–H and O–H groups in total. The molecule has 184 valence electrons. The Kier molecular flexibility index (Phi) is 8.79. The van der Waals surface area contributed by atoms with Crippen LogP contribution in [0.1, 0.15) is 79.7 Å². The van der Waals surface area contributed by atoms with E-state index in [0.717, 1.165) is 81.2 Å². The van der Waals surface area contributed by atoms with Crippen molar-refractivity contribution in [2.24, 2.45) is 0 Å². The molecule has 7 nitrogen and oxygen atoms in total. The van der Waals surface area contributed by atoms with E-state index in [4.69, 9.17) is 0 Å². The quantitative estimate of drug-likeness (QED) is 0.489. The monoisotopic (exact) mass is 483 g/mol. The number of para-hydroxylation sites is 2. The molecule has 3 heterocycles. The second-order valence-electron chi connectivity index (χ2n) is 9.29. The minimum atomic E-state index is -0.157. The fraction of sp³-hybridized carbons (Fsp3) is 0.577. The normalized spacial score (nSPS) is 17.0. The number of thiazole rings is 1. The molecule has 1 aromatic carbocycles. The maximum atomic E-state index is 13.0. The van der Waals surface area contributed by atoms with E-state index in [1.54, 1.807) is 11.3 Å². The number of carbonyl (C=O) groups is 2. The number of aromatic nitrogens is 1. The molecule has 2 aliphatic heterocycles. The van der Waals surface area contributed by atoms with E-state index in [-0.39, 0.29) is 11.9 Å². The lowest BCUT2D eigenvalue weighted by molar-refractivity contribution is 0.102. The summed E-state index contributed by atoms with van der Waals surface area (Å²) >= 11 is 1.55. The van der Waals surface area contributed by atoms with Crippen molar-refractivity contribution in [2.75, 3.05) is 42.9 Å². The van der Waals surface area contributed by atoms with Gasteiger partial charge in [0.1, 0.15) is 5.69 Å². The minimum absolute atomic E-state index is 0.0427. The number of urea groups is 1. The second-order valence-corrected chi connectivity index (χ2v) is 10.2. The number of nitrogens with zero attached hydrogens (tertiary/aromatic N) is 3. The van der Waals surface area contributed by atoms with Gasteiger partial charge < -0.3 is 20.4 Å². The topological polar surface area (TPSA) is 77.6 Å². The summed E-state index contributed by atoms with van der Waals surface area (Å²) in [7, 11) is 0. The molecule has 0 atom stereocenters. The third-order valence-corrected chi connectivity index (χ3v) is 7.80. The molecule has 3 amide bonds. The number of unbranched alkanes of at least 4 members (excludes halogenated alkanes) is 2. The fourth-order valence-corrected chi connectivity index (χ4v) is 5.74. The number of nitrogens with one attached hydrogen (secondary N) is 2. The zero-order valence-corrected chi connectivity index (χ0v) is 21.0. The Hall–Kier alpha value is -2.61. The first kappa shape index (κ1) is 24.5. The van der Waals surface area contributed by atoms with Gasteiger partial charge in [-0.3, -0.25) is 4.79 Å². The van der Waals surface area contributed by atoms with Gasteiger partial charge in [0.25, 0.3) is 5.91 Å². The number of hydrogen-bond acceptors (Lipinski definition) is 5. The van der Waals surface area contributed by atoms with Crippen molar-refractivity contribution in [1.29, 1.82) is 0 Å². The Bertz CT molecular complexity index is 948. The van der Waals surface area contributed by atoms with E-state index in [9.17, 15) is 9.59 Å². The molecule has 1 aromatic heterocycles. The van der Waals surface area contributed by atoms with Gasteiger partial charge in [-0.1, -0.05) is 31.9 Å². The van der Waals surface area contributed by atoms with Crippen LogP contribution < -0.4 is 15.5 Å². The highest BCUT2D eigenvalue weighted by molar-refractivity contribution is 7.10. The molecule has 8 heteroatoms. The van der Waals surface area contributed by atoms with Gasteiger partial charge in [0.05, 0.1) is 16.4 Å². The first-order chi connectivity index (χ1) is 16.7. The van der Waals surface area contributed by atoms with E-state index in [0.29, 0.717) is 11.6 Å². The van der Waals surface area contributed by atoms with Crippen LogP contribution >= 0.6 is 11.3 Å². The average Bonchev–Trinajstić information content (AvgIpc) is 3.38. The number of anilines is 2. The highest BCUT2D eigenvalue weighted by atomic mass is 32.1. The van der Waals surface area contributed by atoms with Gasteiger partial charge in [-0.25, -0.2) is 9.78 Å². The van der Waals surface area contributed by atoms with Crippen molar-refractivity contribution in [2.45, 2.75) is 64.2 Å². The van der Waals surface area contributed by atoms with Crippen LogP contribution in [0.15, 0.2) is 29.6 Å². The molecule has 2 fully saturated rings. The maximum Gasteiger partial charge on any atom is 0.317 e. The second kappa shape index (κ2) is 12.2. The summed E-state index contributed by atoms with van der Waals surface area (Å²) in [6, 6.07) is 8.09. The molecule has 0 unspecified atom stereocenters. The van der Waals surface area contributed by atoms with Crippen molar-refractivity contribution >= 4 is 34.6 Å². The number of amides is 3. The predicted molar refractivity (Wildman–Crippen MR) is 139 cm³/mol. The Morgan fingerprint density at radius 2 is 1.82 bits per heavy atom. The zero-order valence-electron chi connectivity index (χ0n) is 20.2. The molecule has 0 saturated carbocycles. The molecule has 0 spiro atoms. The van der Waals surface area contributed by atoms with Crippen LogP contribution in [0.3, 0.4) is 0 Å². The standard InChI is InChI=1S/C26H37N5O2S/c1-2-3-7-14-27-26(33)31-17-12-20(13-18-31)25-29-22(19-34-25)24(32)28-21-10-5-6-11-23(21)30-15-8-4-9-16-30/h5-6,10-11,19-20H,2-4,7-9,12-18H2,1H3,(H,27,33)(H,28,32). The summed E-state index contributed by atoms with van der Waals surface area (Å²) in [5.41, 5.74) is 2.41. The lowest BCUT2D eigenvalue weighted by Gasteiger charge is -2.31. The number of piperidine rings is 2. The lowest BCUT2D eigenvalue weighted by atomic mass is 9.98. The molecular formula is C26H37N5O2S. The summed E-state index contributed by atoms with van der Waals surface area (Å²) in [4.78, 5) is 34.3. The summed E-state index contributed by atoms with van der Waals surface area (Å²) in [6.45, 7) is 6.43. The van der Waals surface area contributed by atoms with E-state index in [2.05, 4.69) is 33.5 Å². The first-order valence-corrected chi connectivity index (χ1v) is 13.7. The van der Waals surface area contributed by atoms with Gasteiger partial charge in [-0.05, 0) is 50.7 Å². The molecule has 2 saturated heterocycles. The highest BCUT2D eigenvalue weighted by Gasteiger charge is 2.26. The van der Waals surface area contributed by atoms with Gasteiger partial charge >= 0.3 is 6.03 Å². The van der Waals surface area contributed by atoms with Crippen LogP contribution in [0.25, 0.3) is 0 Å². The van der Waals surface area contributed by atoms with Gasteiger partial charge in [0.2, 0.25) is 0 Å². The number of likely N-dealkylation sites (tertiary alicyclic amines) is 1. The largest absolute Gasteiger partial charge is 0.370 e. The number of rotatable bonds is 8. The molecule has 0 aliphatic carbocycles. The van der Waals surface area contributed by atoms with Crippen LogP contribution in [0.2, 0.25) is 0 Å². The number of hydrogen-bond donors (Lipinski definition) is 2. The van der Waals surface area contributed by atoms with Crippen molar-refractivity contribution < 1.29 is 9.59 Å². The third-order valence-electron chi connectivity index (χ3n) is 6.79. The Morgan fingerprint density at radius 3 is 2.59 bits per heavy atom. The Balaban J connectivity index is 1.30. The molecule has 34 heavy (non-hydrogen) atoms. The van der Waals surface area contributed by atoms with Gasteiger partial charge in [0.15, 0.2) is 0 Å². The maximum absolute atomic E-state index is 13.0. The lowest BCUT2D eigenvalue weighted by Crippen LogP contribution is -2.44. The van der Waals surface area contributed by atoms with E-state index in [1.165, 1.54) is 19.3 Å². The summed E-state index contributed by atoms with van der Waals surface area (Å²) in [5.74, 6) is 0.146. The van der Waals surface area contributed by atoms with Gasteiger partial charge in [-0.15, -0.1) is 11.3 Å². The number of carbonyl (C=O) groups excluding carboxylic acids is 2. The SMILES string of the molecule is CCCCCNC(=O)N1CCC(c2nc(C(=O)Nc3ccccc3N3CCCCC3)cs2)CC1. The van der Waals surface area contributed by atoms with Gasteiger partial charge in [0, 0.05) is 44.0 Å². The molecule has 2 aromatic rings. The summed E-state index contributed by atoms with van der Waals surface area (Å²) in [6.07, 6.45) is 8.75. The van der Waals surface area contributed by atoms with Crippen LogP contribution in [-0.4, -0.2) is 54.5 Å². The molecule has 0 radical (unpaired) electrons. The Labute approximate surface area is 206 Å². The molecule has 4 rings (SSSR count). The van der Waals surface area contributed by atoms with Crippen molar-refractivity contribution in [1.82, 2.24) is 15.2 Å². The zero-order chi connectivity index (χ0) is 23.8. The third kappa shape index (κ3) is 6.29. The highest BCUT2D eigenvalue weighted by Crippen LogP contribution is 2.32. The van der Waals surface area contributed by atoms with Crippen LogP contribution in [0.5, 0.6) is 0 Å². The van der Waals surface area contributed by atoms with Gasteiger partial charge in [-0.2, -0.15) is 0 Å².